The Morgan fingerprint density at radius 3 is 2.62 bits per heavy atom. The Morgan fingerprint density at radius 2 is 2.03 bits per heavy atom. The second-order valence-corrected chi connectivity index (χ2v) is 8.81. The van der Waals surface area contributed by atoms with Crippen LogP contribution in [0.4, 0.5) is 10.1 Å². The summed E-state index contributed by atoms with van der Waals surface area (Å²) >= 11 is 6.70. The van der Waals surface area contributed by atoms with Crippen LogP contribution in [-0.2, 0) is 0 Å². The zero-order valence-electron chi connectivity index (χ0n) is 16.8. The summed E-state index contributed by atoms with van der Waals surface area (Å²) in [4.78, 5) is 28.3. The van der Waals surface area contributed by atoms with Gasteiger partial charge in [0.05, 0.1) is 21.6 Å². The van der Waals surface area contributed by atoms with E-state index in [4.69, 9.17) is 11.6 Å². The number of carbonyl (C=O) groups is 1. The third kappa shape index (κ3) is 3.40. The Bertz CT molecular complexity index is 1050. The Morgan fingerprint density at radius 1 is 1.34 bits per heavy atom. The van der Waals surface area contributed by atoms with Gasteiger partial charge < -0.3 is 19.5 Å². The SMILES string of the molecule is C[C@H]([C@H]1CCN(c2c(F)cc3c(=O)c(C(=O)O)cn(C4CC4)c3c2Cl)C1)N(C)C. The molecule has 1 saturated heterocycles. The summed E-state index contributed by atoms with van der Waals surface area (Å²) in [5, 5.41) is 9.61. The standard InChI is InChI=1S/C21H25ClFN3O3/c1-11(24(2)3)12-6-7-25(9-12)19-16(23)8-14-18(17(19)22)26(13-4-5-13)10-15(20(14)27)21(28)29/h8,10-13H,4-7,9H2,1-3H3,(H,28,29)/t11-,12+/m1/s1. The molecule has 2 aliphatic rings. The number of hydrogen-bond donors (Lipinski definition) is 1. The van der Waals surface area contributed by atoms with Crippen molar-refractivity contribution in [1.29, 1.82) is 0 Å². The molecule has 0 radical (unpaired) electrons. The van der Waals surface area contributed by atoms with Crippen LogP contribution in [0.3, 0.4) is 0 Å². The highest BCUT2D eigenvalue weighted by molar-refractivity contribution is 6.38. The molecule has 4 rings (SSSR count). The first-order valence-corrected chi connectivity index (χ1v) is 10.3. The number of benzene rings is 1. The summed E-state index contributed by atoms with van der Waals surface area (Å²) < 4.78 is 16.9. The van der Waals surface area contributed by atoms with E-state index in [1.807, 2.05) is 19.0 Å². The second kappa shape index (κ2) is 7.29. The fourth-order valence-electron chi connectivity index (χ4n) is 4.32. The third-order valence-electron chi connectivity index (χ3n) is 6.39. The predicted molar refractivity (Wildman–Crippen MR) is 112 cm³/mol. The molecule has 0 bridgehead atoms. The number of rotatable bonds is 5. The van der Waals surface area contributed by atoms with Gasteiger partial charge in [-0.05, 0) is 52.3 Å². The van der Waals surface area contributed by atoms with Crippen LogP contribution in [0.15, 0.2) is 17.1 Å². The molecule has 0 spiro atoms. The zero-order valence-corrected chi connectivity index (χ0v) is 17.5. The highest BCUT2D eigenvalue weighted by Gasteiger charge is 2.33. The molecule has 8 heteroatoms. The van der Waals surface area contributed by atoms with E-state index in [0.29, 0.717) is 36.3 Å². The van der Waals surface area contributed by atoms with E-state index in [1.54, 1.807) is 4.57 Å². The van der Waals surface area contributed by atoms with Crippen LogP contribution in [0.25, 0.3) is 10.9 Å². The Hall–Kier alpha value is -2.12. The van der Waals surface area contributed by atoms with Gasteiger partial charge in [-0.15, -0.1) is 0 Å². The van der Waals surface area contributed by atoms with Crippen molar-refractivity contribution < 1.29 is 14.3 Å². The lowest BCUT2D eigenvalue weighted by Crippen LogP contribution is -2.34. The minimum absolute atomic E-state index is 0.0282. The van der Waals surface area contributed by atoms with Gasteiger partial charge in [-0.2, -0.15) is 0 Å². The van der Waals surface area contributed by atoms with Crippen LogP contribution in [0.2, 0.25) is 5.02 Å². The minimum Gasteiger partial charge on any atom is -0.477 e. The second-order valence-electron chi connectivity index (χ2n) is 8.43. The van der Waals surface area contributed by atoms with Gasteiger partial charge in [-0.3, -0.25) is 4.79 Å². The third-order valence-corrected chi connectivity index (χ3v) is 6.75. The number of anilines is 1. The molecule has 2 aromatic rings. The maximum absolute atomic E-state index is 15.1. The number of nitrogens with zero attached hydrogens (tertiary/aromatic N) is 3. The number of aromatic nitrogens is 1. The highest BCUT2D eigenvalue weighted by Crippen LogP contribution is 2.43. The van der Waals surface area contributed by atoms with Crippen molar-refractivity contribution >= 4 is 34.2 Å². The lowest BCUT2D eigenvalue weighted by atomic mass is 10.00. The van der Waals surface area contributed by atoms with Crippen LogP contribution in [0.5, 0.6) is 0 Å². The number of halogens is 2. The molecule has 2 fully saturated rings. The van der Waals surface area contributed by atoms with Crippen LogP contribution < -0.4 is 10.3 Å². The maximum atomic E-state index is 15.1. The molecule has 1 aliphatic heterocycles. The van der Waals surface area contributed by atoms with Gasteiger partial charge in [0.1, 0.15) is 11.4 Å². The molecule has 2 heterocycles. The Kier molecular flexibility index (Phi) is 5.07. The molecule has 2 atom stereocenters. The molecule has 1 N–H and O–H groups in total. The lowest BCUT2D eigenvalue weighted by Gasteiger charge is -2.27. The fourth-order valence-corrected chi connectivity index (χ4v) is 4.73. The lowest BCUT2D eigenvalue weighted by molar-refractivity contribution is 0.0695. The molecule has 1 aromatic heterocycles. The van der Waals surface area contributed by atoms with Crippen molar-refractivity contribution in [3.05, 3.63) is 38.9 Å². The molecule has 1 aliphatic carbocycles. The summed E-state index contributed by atoms with van der Waals surface area (Å²) in [7, 11) is 4.07. The number of hydrogen-bond acceptors (Lipinski definition) is 4. The van der Waals surface area contributed by atoms with Gasteiger partial charge in [0.15, 0.2) is 0 Å². The first kappa shape index (κ1) is 20.2. The van der Waals surface area contributed by atoms with Crippen LogP contribution in [-0.4, -0.2) is 53.8 Å². The summed E-state index contributed by atoms with van der Waals surface area (Å²) in [6, 6.07) is 1.60. The van der Waals surface area contributed by atoms with Crippen molar-refractivity contribution in [3.8, 4) is 0 Å². The van der Waals surface area contributed by atoms with Gasteiger partial charge in [0.25, 0.3) is 0 Å². The molecular weight excluding hydrogens is 397 g/mol. The van der Waals surface area contributed by atoms with E-state index in [9.17, 15) is 14.7 Å². The molecule has 29 heavy (non-hydrogen) atoms. The van der Waals surface area contributed by atoms with Crippen molar-refractivity contribution in [2.24, 2.45) is 5.92 Å². The van der Waals surface area contributed by atoms with Gasteiger partial charge in [-0.1, -0.05) is 11.6 Å². The van der Waals surface area contributed by atoms with E-state index < -0.39 is 17.2 Å². The first-order chi connectivity index (χ1) is 13.7. The van der Waals surface area contributed by atoms with Gasteiger partial charge in [-0.25, -0.2) is 9.18 Å². The Labute approximate surface area is 173 Å². The minimum atomic E-state index is -1.31. The topological polar surface area (TPSA) is 65.8 Å². The monoisotopic (exact) mass is 421 g/mol. The summed E-state index contributed by atoms with van der Waals surface area (Å²) in [5.41, 5.74) is -0.305. The van der Waals surface area contributed by atoms with Crippen molar-refractivity contribution in [2.45, 2.75) is 38.3 Å². The fraction of sp³-hybridized carbons (Fsp3) is 0.524. The smallest absolute Gasteiger partial charge is 0.341 e. The zero-order chi connectivity index (χ0) is 21.0. The van der Waals surface area contributed by atoms with Gasteiger partial charge >= 0.3 is 5.97 Å². The van der Waals surface area contributed by atoms with Crippen molar-refractivity contribution in [3.63, 3.8) is 0 Å². The normalized spacial score (nSPS) is 20.6. The molecule has 0 amide bonds. The van der Waals surface area contributed by atoms with Crippen LogP contribution in [0, 0.1) is 11.7 Å². The molecule has 1 aromatic carbocycles. The largest absolute Gasteiger partial charge is 0.477 e. The van der Waals surface area contributed by atoms with E-state index >= 15 is 4.39 Å². The number of aromatic carboxylic acids is 1. The molecule has 6 nitrogen and oxygen atoms in total. The van der Waals surface area contributed by atoms with Crippen LogP contribution in [0.1, 0.15) is 42.6 Å². The number of fused-ring (bicyclic) bond motifs is 1. The maximum Gasteiger partial charge on any atom is 0.341 e. The van der Waals surface area contributed by atoms with Gasteiger partial charge in [0, 0.05) is 31.4 Å². The average molecular weight is 422 g/mol. The molecule has 0 unspecified atom stereocenters. The summed E-state index contributed by atoms with van der Waals surface area (Å²) in [6.07, 6.45) is 4.05. The van der Waals surface area contributed by atoms with E-state index in [0.717, 1.165) is 25.3 Å². The van der Waals surface area contributed by atoms with E-state index in [2.05, 4.69) is 11.8 Å². The number of carboxylic acid groups (broad SMARTS) is 1. The van der Waals surface area contributed by atoms with E-state index in [1.165, 1.54) is 6.20 Å². The molecule has 1 saturated carbocycles. The van der Waals surface area contributed by atoms with Crippen molar-refractivity contribution in [1.82, 2.24) is 9.47 Å². The average Bonchev–Trinajstić information content (AvgIpc) is 3.39. The Balaban J connectivity index is 1.85. The summed E-state index contributed by atoms with van der Waals surface area (Å²) in [6.45, 7) is 3.53. The summed E-state index contributed by atoms with van der Waals surface area (Å²) in [5.74, 6) is -1.51. The highest BCUT2D eigenvalue weighted by atomic mass is 35.5. The first-order valence-electron chi connectivity index (χ1n) is 9.92. The van der Waals surface area contributed by atoms with Crippen molar-refractivity contribution in [2.75, 3.05) is 32.1 Å². The number of carboxylic acids is 1. The van der Waals surface area contributed by atoms with Crippen LogP contribution >= 0.6 is 11.6 Å². The molecular formula is C21H25ClFN3O3. The number of pyridine rings is 1. The predicted octanol–water partition coefficient (Wildman–Crippen LogP) is 3.60. The molecule has 156 valence electrons. The quantitative estimate of drug-likeness (QED) is 0.799. The van der Waals surface area contributed by atoms with Gasteiger partial charge in [0.2, 0.25) is 5.43 Å². The van der Waals surface area contributed by atoms with E-state index in [-0.39, 0.29) is 22.0 Å².